The number of benzene rings is 1. The van der Waals surface area contributed by atoms with E-state index >= 15 is 0 Å². The van der Waals surface area contributed by atoms with E-state index in [9.17, 15) is 9.59 Å². The lowest BCUT2D eigenvalue weighted by atomic mass is 9.85. The molecule has 2 saturated carbocycles. The summed E-state index contributed by atoms with van der Waals surface area (Å²) in [5, 5.41) is 2.81. The Labute approximate surface area is 187 Å². The zero-order valence-corrected chi connectivity index (χ0v) is 18.1. The first-order valence-corrected chi connectivity index (χ1v) is 11.9. The van der Waals surface area contributed by atoms with Gasteiger partial charge < -0.3 is 14.8 Å². The third kappa shape index (κ3) is 3.65. The number of hydrogen-bond donors (Lipinski definition) is 1. The summed E-state index contributed by atoms with van der Waals surface area (Å²) < 4.78 is 12.3. The predicted molar refractivity (Wildman–Crippen MR) is 119 cm³/mol. The summed E-state index contributed by atoms with van der Waals surface area (Å²) in [4.78, 5) is 28.6. The zero-order valence-electron chi connectivity index (χ0n) is 18.1. The van der Waals surface area contributed by atoms with Crippen molar-refractivity contribution >= 4 is 17.5 Å². The Morgan fingerprint density at radius 2 is 2.00 bits per heavy atom. The number of nitrogens with one attached hydrogen (secondary N) is 1. The summed E-state index contributed by atoms with van der Waals surface area (Å²) in [5.74, 6) is 4.55. The summed E-state index contributed by atoms with van der Waals surface area (Å²) in [6.45, 7) is 0. The fraction of sp³-hybridized carbons (Fsp3) is 0.500. The number of Topliss-reactive ketones (excluding diaryl/α,β-unsaturated/α-hetero) is 1. The molecule has 2 fully saturated rings. The van der Waals surface area contributed by atoms with E-state index in [0.717, 1.165) is 34.8 Å². The first-order valence-electron chi connectivity index (χ1n) is 11.9. The molecule has 0 bridgehead atoms. The molecule has 1 aromatic carbocycles. The molecule has 4 aliphatic rings. The number of carbonyl (C=O) groups is 2. The Kier molecular flexibility index (Phi) is 4.89. The molecule has 1 aromatic heterocycles. The molecule has 1 N–H and O–H groups in total. The highest BCUT2D eigenvalue weighted by Crippen LogP contribution is 2.60. The van der Waals surface area contributed by atoms with Gasteiger partial charge in [0, 0.05) is 48.4 Å². The molecule has 2 aliphatic carbocycles. The van der Waals surface area contributed by atoms with E-state index < -0.39 is 0 Å². The number of carbonyl (C=O) groups excluding carboxylic acids is 2. The van der Waals surface area contributed by atoms with Crippen molar-refractivity contribution in [3.05, 3.63) is 41.6 Å². The van der Waals surface area contributed by atoms with E-state index in [1.54, 1.807) is 6.20 Å². The molecule has 3 heterocycles. The van der Waals surface area contributed by atoms with Gasteiger partial charge in [0.05, 0.1) is 0 Å². The fourth-order valence-corrected chi connectivity index (χ4v) is 5.80. The molecule has 0 radical (unpaired) electrons. The van der Waals surface area contributed by atoms with Crippen LogP contribution in [0.2, 0.25) is 0 Å². The minimum absolute atomic E-state index is 0.0133. The molecule has 0 spiro atoms. The molecule has 0 saturated heterocycles. The van der Waals surface area contributed by atoms with Gasteiger partial charge in [-0.2, -0.15) is 0 Å². The van der Waals surface area contributed by atoms with E-state index in [1.807, 2.05) is 18.2 Å². The molecular formula is C26H28N2O4. The van der Waals surface area contributed by atoms with E-state index in [-0.39, 0.29) is 12.0 Å². The van der Waals surface area contributed by atoms with Crippen LogP contribution >= 0.6 is 0 Å². The van der Waals surface area contributed by atoms with Crippen molar-refractivity contribution < 1.29 is 19.1 Å². The quantitative estimate of drug-likeness (QED) is 0.682. The predicted octanol–water partition coefficient (Wildman–Crippen LogP) is 5.16. The van der Waals surface area contributed by atoms with Crippen molar-refractivity contribution in [3.63, 3.8) is 0 Å². The number of pyridine rings is 1. The zero-order chi connectivity index (χ0) is 21.7. The van der Waals surface area contributed by atoms with Crippen LogP contribution in [0.3, 0.4) is 0 Å². The van der Waals surface area contributed by atoms with Crippen molar-refractivity contribution in [3.8, 4) is 17.2 Å². The van der Waals surface area contributed by atoms with Gasteiger partial charge in [0.25, 0.3) is 0 Å². The molecule has 6 nitrogen and oxygen atoms in total. The Bertz CT molecular complexity index is 1080. The van der Waals surface area contributed by atoms with Crippen LogP contribution in [0.15, 0.2) is 30.5 Å². The van der Waals surface area contributed by atoms with E-state index in [0.29, 0.717) is 48.6 Å². The molecule has 1 amide bonds. The summed E-state index contributed by atoms with van der Waals surface area (Å²) in [5.41, 5.74) is 2.08. The highest BCUT2D eigenvalue weighted by atomic mass is 16.5. The highest BCUT2D eigenvalue weighted by Gasteiger charge is 2.59. The number of hydrogen-bond acceptors (Lipinski definition) is 5. The Morgan fingerprint density at radius 1 is 1.12 bits per heavy atom. The first kappa shape index (κ1) is 19.8. The smallest absolute Gasteiger partial charge is 0.225 e. The molecule has 6 rings (SSSR count). The van der Waals surface area contributed by atoms with Gasteiger partial charge in [0.15, 0.2) is 0 Å². The van der Waals surface area contributed by atoms with Crippen LogP contribution in [-0.2, 0) is 16.0 Å². The number of ketones is 1. The van der Waals surface area contributed by atoms with E-state index in [2.05, 4.69) is 16.4 Å². The van der Waals surface area contributed by atoms with Gasteiger partial charge in [-0.3, -0.25) is 9.59 Å². The van der Waals surface area contributed by atoms with Crippen LogP contribution in [0.5, 0.6) is 17.2 Å². The van der Waals surface area contributed by atoms with Crippen LogP contribution in [-0.4, -0.2) is 22.8 Å². The lowest BCUT2D eigenvalue weighted by Gasteiger charge is -2.20. The molecule has 2 aliphatic heterocycles. The molecule has 166 valence electrons. The first-order chi connectivity index (χ1) is 15.7. The van der Waals surface area contributed by atoms with Crippen LogP contribution in [0.25, 0.3) is 0 Å². The average Bonchev–Trinajstić information content (AvgIpc) is 3.30. The van der Waals surface area contributed by atoms with Gasteiger partial charge in [-0.1, -0.05) is 32.1 Å². The number of nitrogens with zero attached hydrogens (tertiary/aromatic N) is 1. The second-order valence-corrected chi connectivity index (χ2v) is 9.71. The highest BCUT2D eigenvalue weighted by molar-refractivity contribution is 5.93. The maximum atomic E-state index is 12.7. The SMILES string of the molecule is O=C(CC1CCCCC1)C[C@@H]1[C@H]2Oc3ccc(Oc4ccnc5c4CCC(=O)N5)cc3[C@@H]12. The third-order valence-corrected chi connectivity index (χ3v) is 7.50. The molecule has 32 heavy (non-hydrogen) atoms. The van der Waals surface area contributed by atoms with Gasteiger partial charge >= 0.3 is 0 Å². The number of amides is 1. The number of ether oxygens (including phenoxy) is 2. The standard InChI is InChI=1S/C26H28N2O4/c29-16(12-15-4-2-1-3-5-15)13-20-24-19-14-17(6-8-21(19)32-25(20)24)31-22-10-11-27-26-18(22)7-9-23(30)28-26/h6,8,10-11,14-15,20,24-25H,1-5,7,9,12-13H2,(H,27,28,30)/t20-,24-,25+/m0/s1. The van der Waals surface area contributed by atoms with Crippen LogP contribution in [0, 0.1) is 11.8 Å². The Hall–Kier alpha value is -2.89. The average molecular weight is 433 g/mol. The molecule has 0 unspecified atom stereocenters. The van der Waals surface area contributed by atoms with Crippen molar-refractivity contribution in [1.82, 2.24) is 4.98 Å². The Morgan fingerprint density at radius 3 is 2.88 bits per heavy atom. The third-order valence-electron chi connectivity index (χ3n) is 7.50. The normalized spacial score (nSPS) is 25.8. The topological polar surface area (TPSA) is 77.5 Å². The fourth-order valence-electron chi connectivity index (χ4n) is 5.80. The lowest BCUT2D eigenvalue weighted by molar-refractivity contribution is -0.120. The monoisotopic (exact) mass is 432 g/mol. The number of anilines is 1. The van der Waals surface area contributed by atoms with Gasteiger partial charge in [0.2, 0.25) is 5.91 Å². The number of rotatable bonds is 6. The maximum Gasteiger partial charge on any atom is 0.225 e. The minimum Gasteiger partial charge on any atom is -0.489 e. The van der Waals surface area contributed by atoms with Crippen molar-refractivity contribution in [2.45, 2.75) is 69.8 Å². The summed E-state index contributed by atoms with van der Waals surface area (Å²) in [6, 6.07) is 7.78. The van der Waals surface area contributed by atoms with Gasteiger partial charge in [-0.25, -0.2) is 4.98 Å². The summed E-state index contributed by atoms with van der Waals surface area (Å²) in [6.07, 6.45) is 10.5. The maximum absolute atomic E-state index is 12.7. The summed E-state index contributed by atoms with van der Waals surface area (Å²) >= 11 is 0. The lowest BCUT2D eigenvalue weighted by Crippen LogP contribution is -2.20. The Balaban J connectivity index is 1.13. The van der Waals surface area contributed by atoms with E-state index in [1.165, 1.54) is 32.1 Å². The molecule has 3 atom stereocenters. The number of fused-ring (bicyclic) bond motifs is 4. The second-order valence-electron chi connectivity index (χ2n) is 9.71. The summed E-state index contributed by atoms with van der Waals surface area (Å²) in [7, 11) is 0. The minimum atomic E-state index is -0.0133. The molecule has 2 aromatic rings. The van der Waals surface area contributed by atoms with Crippen molar-refractivity contribution in [2.75, 3.05) is 5.32 Å². The van der Waals surface area contributed by atoms with E-state index in [4.69, 9.17) is 9.47 Å². The van der Waals surface area contributed by atoms with Gasteiger partial charge in [-0.05, 0) is 36.6 Å². The van der Waals surface area contributed by atoms with Gasteiger partial charge in [0.1, 0.15) is 35.0 Å². The second kappa shape index (κ2) is 7.91. The van der Waals surface area contributed by atoms with Crippen LogP contribution in [0.1, 0.15) is 68.4 Å². The molecular weight excluding hydrogens is 404 g/mol. The number of aromatic nitrogens is 1. The van der Waals surface area contributed by atoms with Crippen molar-refractivity contribution in [2.24, 2.45) is 11.8 Å². The van der Waals surface area contributed by atoms with Crippen LogP contribution < -0.4 is 14.8 Å². The molecule has 6 heteroatoms. The van der Waals surface area contributed by atoms with Gasteiger partial charge in [-0.15, -0.1) is 0 Å². The van der Waals surface area contributed by atoms with Crippen molar-refractivity contribution in [1.29, 1.82) is 0 Å². The largest absolute Gasteiger partial charge is 0.489 e. The van der Waals surface area contributed by atoms with Crippen LogP contribution in [0.4, 0.5) is 5.82 Å².